The molecule has 0 amide bonds. The number of aliphatic carboxylic acids is 1. The number of aryl methyl sites for hydroxylation is 2. The Bertz CT molecular complexity index is 985. The van der Waals surface area contributed by atoms with Crippen molar-refractivity contribution in [2.45, 2.75) is 26.4 Å². The second kappa shape index (κ2) is 7.69. The van der Waals surface area contributed by atoms with E-state index in [4.69, 9.17) is 4.52 Å². The zero-order valence-electron chi connectivity index (χ0n) is 15.9. The molecule has 3 aromatic rings. The number of fused-ring (bicyclic) bond motifs is 1. The lowest BCUT2D eigenvalue weighted by Crippen LogP contribution is -2.48. The highest BCUT2D eigenvalue weighted by Gasteiger charge is 2.32. The Morgan fingerprint density at radius 2 is 2.07 bits per heavy atom. The van der Waals surface area contributed by atoms with Crippen LogP contribution in [-0.4, -0.2) is 57.2 Å². The van der Waals surface area contributed by atoms with E-state index in [1.165, 1.54) is 0 Å². The molecule has 4 rings (SSSR count). The van der Waals surface area contributed by atoms with Gasteiger partial charge in [0.15, 0.2) is 0 Å². The Labute approximate surface area is 171 Å². The molecule has 0 aliphatic carbocycles. The molecule has 7 nitrogen and oxygen atoms in total. The van der Waals surface area contributed by atoms with Gasteiger partial charge in [0.1, 0.15) is 11.8 Å². The Hall–Kier alpha value is -2.16. The maximum absolute atomic E-state index is 12.1. The van der Waals surface area contributed by atoms with Crippen molar-refractivity contribution in [2.24, 2.45) is 0 Å². The van der Waals surface area contributed by atoms with Crippen LogP contribution in [0.15, 0.2) is 33.4 Å². The second-order valence-corrected chi connectivity index (χ2v) is 8.21. The fourth-order valence-corrected chi connectivity index (χ4v) is 4.32. The summed E-state index contributed by atoms with van der Waals surface area (Å²) in [5.74, 6) is 0.0382. The second-order valence-electron chi connectivity index (χ2n) is 7.29. The van der Waals surface area contributed by atoms with E-state index < -0.39 is 12.0 Å². The molecular formula is C20H23BrN4O3. The van der Waals surface area contributed by atoms with Crippen LogP contribution < -0.4 is 0 Å². The lowest BCUT2D eigenvalue weighted by atomic mass is 10.0. The van der Waals surface area contributed by atoms with E-state index in [1.807, 2.05) is 38.2 Å². The third kappa shape index (κ3) is 3.59. The zero-order valence-corrected chi connectivity index (χ0v) is 17.5. The van der Waals surface area contributed by atoms with Gasteiger partial charge in [-0.25, -0.2) is 0 Å². The van der Waals surface area contributed by atoms with Gasteiger partial charge >= 0.3 is 5.97 Å². The zero-order chi connectivity index (χ0) is 19.8. The fraction of sp³-hybridized carbons (Fsp3) is 0.400. The number of carboxylic acids is 1. The number of rotatable bonds is 5. The molecule has 2 aromatic heterocycles. The van der Waals surface area contributed by atoms with Crippen molar-refractivity contribution in [2.75, 3.05) is 26.2 Å². The number of benzene rings is 1. The van der Waals surface area contributed by atoms with Crippen molar-refractivity contribution in [3.8, 4) is 0 Å². The number of hydrogen-bond acceptors (Lipinski definition) is 5. The Morgan fingerprint density at radius 3 is 2.71 bits per heavy atom. The summed E-state index contributed by atoms with van der Waals surface area (Å²) in [6.45, 7) is 7.68. The van der Waals surface area contributed by atoms with E-state index in [-0.39, 0.29) is 0 Å². The van der Waals surface area contributed by atoms with Crippen LogP contribution in [0.1, 0.15) is 28.6 Å². The molecule has 0 radical (unpaired) electrons. The SMILES string of the molecule is Cc1noc(C)c1CN1CCN(C(C(=O)O)c2c[nH]c3cc(Br)ccc23)CC1. The number of nitrogens with zero attached hydrogens (tertiary/aromatic N) is 3. The molecule has 1 saturated heterocycles. The Balaban J connectivity index is 1.50. The molecule has 0 spiro atoms. The van der Waals surface area contributed by atoms with Crippen molar-refractivity contribution >= 4 is 32.8 Å². The number of aromatic nitrogens is 2. The van der Waals surface area contributed by atoms with Crippen molar-refractivity contribution < 1.29 is 14.4 Å². The van der Waals surface area contributed by atoms with Gasteiger partial charge in [0.25, 0.3) is 0 Å². The van der Waals surface area contributed by atoms with E-state index >= 15 is 0 Å². The van der Waals surface area contributed by atoms with Crippen LogP contribution >= 0.6 is 15.9 Å². The van der Waals surface area contributed by atoms with Gasteiger partial charge in [-0.05, 0) is 26.0 Å². The first-order valence-electron chi connectivity index (χ1n) is 9.31. The van der Waals surface area contributed by atoms with Crippen LogP contribution in [0.2, 0.25) is 0 Å². The first-order valence-corrected chi connectivity index (χ1v) is 10.1. The molecule has 148 valence electrons. The van der Waals surface area contributed by atoms with Crippen molar-refractivity contribution in [1.29, 1.82) is 0 Å². The standard InChI is InChI=1S/C20H23BrN4O3/c1-12-17(13(2)28-23-12)11-24-5-7-25(8-6-24)19(20(26)27)16-10-22-18-9-14(21)3-4-15(16)18/h3-4,9-10,19,22H,5-8,11H2,1-2H3,(H,26,27). The number of aromatic amines is 1. The number of carboxylic acid groups (broad SMARTS) is 1. The summed E-state index contributed by atoms with van der Waals surface area (Å²) in [6.07, 6.45) is 1.83. The summed E-state index contributed by atoms with van der Waals surface area (Å²) >= 11 is 3.46. The summed E-state index contributed by atoms with van der Waals surface area (Å²) in [5, 5.41) is 14.9. The summed E-state index contributed by atoms with van der Waals surface area (Å²) in [6, 6.07) is 5.23. The van der Waals surface area contributed by atoms with Crippen molar-refractivity contribution in [3.63, 3.8) is 0 Å². The lowest BCUT2D eigenvalue weighted by Gasteiger charge is -2.37. The molecule has 8 heteroatoms. The number of halogens is 1. The largest absolute Gasteiger partial charge is 0.480 e. The number of H-pyrrole nitrogens is 1. The van der Waals surface area contributed by atoms with Gasteiger partial charge in [-0.15, -0.1) is 0 Å². The van der Waals surface area contributed by atoms with Gasteiger partial charge in [-0.2, -0.15) is 0 Å². The molecule has 3 heterocycles. The van der Waals surface area contributed by atoms with Gasteiger partial charge in [-0.3, -0.25) is 14.6 Å². The number of carbonyl (C=O) groups is 1. The number of nitrogens with one attached hydrogen (secondary N) is 1. The van der Waals surface area contributed by atoms with E-state index in [2.05, 4.69) is 35.9 Å². The van der Waals surface area contributed by atoms with Crippen molar-refractivity contribution in [3.05, 3.63) is 51.4 Å². The average Bonchev–Trinajstić information content (AvgIpc) is 3.21. The summed E-state index contributed by atoms with van der Waals surface area (Å²) < 4.78 is 6.22. The minimum absolute atomic E-state index is 0.656. The third-order valence-electron chi connectivity index (χ3n) is 5.54. The first-order chi connectivity index (χ1) is 13.4. The molecule has 1 aliphatic heterocycles. The van der Waals surface area contributed by atoms with E-state index in [0.717, 1.165) is 57.6 Å². The molecule has 1 unspecified atom stereocenters. The van der Waals surface area contributed by atoms with E-state index in [1.54, 1.807) is 0 Å². The highest BCUT2D eigenvalue weighted by atomic mass is 79.9. The van der Waals surface area contributed by atoms with Gasteiger partial charge < -0.3 is 14.6 Å². The molecular weight excluding hydrogens is 424 g/mol. The summed E-state index contributed by atoms with van der Waals surface area (Å²) in [5.41, 5.74) is 3.81. The van der Waals surface area contributed by atoms with Gasteiger partial charge in [-0.1, -0.05) is 27.2 Å². The minimum atomic E-state index is -0.817. The monoisotopic (exact) mass is 446 g/mol. The van der Waals surface area contributed by atoms with Crippen LogP contribution in [0.4, 0.5) is 0 Å². The maximum atomic E-state index is 12.1. The number of piperazine rings is 1. The van der Waals surface area contributed by atoms with Gasteiger partial charge in [0.2, 0.25) is 0 Å². The molecule has 0 bridgehead atoms. The van der Waals surface area contributed by atoms with Crippen molar-refractivity contribution in [1.82, 2.24) is 19.9 Å². The van der Waals surface area contributed by atoms with Crippen LogP contribution in [0.5, 0.6) is 0 Å². The molecule has 0 saturated carbocycles. The minimum Gasteiger partial charge on any atom is -0.480 e. The predicted octanol–water partition coefficient (Wildman–Crippen LogP) is 3.48. The normalized spacial score (nSPS) is 17.2. The van der Waals surface area contributed by atoms with Gasteiger partial charge in [0, 0.05) is 65.4 Å². The summed E-state index contributed by atoms with van der Waals surface area (Å²) in [7, 11) is 0. The quantitative estimate of drug-likeness (QED) is 0.623. The first kappa shape index (κ1) is 19.2. The highest BCUT2D eigenvalue weighted by molar-refractivity contribution is 9.10. The average molecular weight is 447 g/mol. The van der Waals surface area contributed by atoms with Crippen LogP contribution in [-0.2, 0) is 11.3 Å². The predicted molar refractivity (Wildman–Crippen MR) is 109 cm³/mol. The highest BCUT2D eigenvalue weighted by Crippen LogP contribution is 2.31. The number of hydrogen-bond donors (Lipinski definition) is 2. The molecule has 1 atom stereocenters. The fourth-order valence-electron chi connectivity index (χ4n) is 3.96. The third-order valence-corrected chi connectivity index (χ3v) is 6.03. The molecule has 28 heavy (non-hydrogen) atoms. The Kier molecular flexibility index (Phi) is 5.27. The van der Waals surface area contributed by atoms with E-state index in [0.29, 0.717) is 13.1 Å². The molecule has 1 aliphatic rings. The summed E-state index contributed by atoms with van der Waals surface area (Å²) in [4.78, 5) is 19.7. The molecule has 1 aromatic carbocycles. The Morgan fingerprint density at radius 1 is 1.32 bits per heavy atom. The van der Waals surface area contributed by atoms with Crippen LogP contribution in [0, 0.1) is 13.8 Å². The topological polar surface area (TPSA) is 85.6 Å². The van der Waals surface area contributed by atoms with Gasteiger partial charge in [0.05, 0.1) is 5.69 Å². The molecule has 1 fully saturated rings. The lowest BCUT2D eigenvalue weighted by molar-refractivity contribution is -0.144. The smallest absolute Gasteiger partial charge is 0.325 e. The van der Waals surface area contributed by atoms with Crippen LogP contribution in [0.25, 0.3) is 10.9 Å². The molecule has 2 N–H and O–H groups in total. The van der Waals surface area contributed by atoms with Crippen LogP contribution in [0.3, 0.4) is 0 Å². The van der Waals surface area contributed by atoms with E-state index in [9.17, 15) is 9.90 Å². The maximum Gasteiger partial charge on any atom is 0.325 e.